The van der Waals surface area contributed by atoms with Crippen LogP contribution >= 0.6 is 39.1 Å². The summed E-state index contributed by atoms with van der Waals surface area (Å²) in [5.41, 5.74) is 1.91. The molecule has 1 heterocycles. The molecule has 120 valence electrons. The molecule has 2 aromatic rings. The van der Waals surface area contributed by atoms with Gasteiger partial charge in [-0.1, -0.05) is 51.4 Å². The fourth-order valence-electron chi connectivity index (χ4n) is 1.97. The van der Waals surface area contributed by atoms with Crippen LogP contribution in [-0.4, -0.2) is 29.3 Å². The van der Waals surface area contributed by atoms with Gasteiger partial charge in [-0.25, -0.2) is 0 Å². The lowest BCUT2D eigenvalue weighted by atomic mass is 10.2. The van der Waals surface area contributed by atoms with Gasteiger partial charge in [-0.2, -0.15) is 0 Å². The maximum absolute atomic E-state index is 6.13. The molecule has 0 radical (unpaired) electrons. The molecular formula is C15H19BrClN3OS. The van der Waals surface area contributed by atoms with E-state index in [-0.39, 0.29) is 0 Å². The van der Waals surface area contributed by atoms with Crippen LogP contribution in [0.1, 0.15) is 25.5 Å². The second-order valence-electron chi connectivity index (χ2n) is 4.86. The molecule has 0 aliphatic heterocycles. The van der Waals surface area contributed by atoms with Gasteiger partial charge in [-0.15, -0.1) is 5.10 Å². The number of halogens is 2. The van der Waals surface area contributed by atoms with Crippen molar-refractivity contribution in [2.24, 2.45) is 0 Å². The summed E-state index contributed by atoms with van der Waals surface area (Å²) < 4.78 is 11.3. The summed E-state index contributed by atoms with van der Waals surface area (Å²) >= 11 is 10.9. The second kappa shape index (κ2) is 9.45. The van der Waals surface area contributed by atoms with Crippen molar-refractivity contribution in [3.63, 3.8) is 0 Å². The minimum atomic E-state index is 0.628. The number of ether oxygens (including phenoxy) is 1. The van der Waals surface area contributed by atoms with Gasteiger partial charge in [-0.3, -0.25) is 0 Å². The average Bonchev–Trinajstić information content (AvgIpc) is 2.91. The Balaban J connectivity index is 2.02. The van der Waals surface area contributed by atoms with Crippen molar-refractivity contribution >= 4 is 44.8 Å². The fourth-order valence-corrected chi connectivity index (χ4v) is 2.97. The summed E-state index contributed by atoms with van der Waals surface area (Å²) in [5, 5.41) is 4.10. The topological polar surface area (TPSA) is 38.2 Å². The Labute approximate surface area is 148 Å². The van der Waals surface area contributed by atoms with E-state index in [9.17, 15) is 0 Å². The summed E-state index contributed by atoms with van der Waals surface area (Å²) in [6, 6.07) is 8.19. The predicted octanol–water partition coefficient (Wildman–Crippen LogP) is 4.78. The van der Waals surface area contributed by atoms with Crippen LogP contribution in [0.5, 0.6) is 0 Å². The maximum Gasteiger partial charge on any atom is 0.139 e. The molecule has 0 unspecified atom stereocenters. The number of nitrogens with zero attached hydrogens (tertiary/aromatic N) is 3. The van der Waals surface area contributed by atoms with Gasteiger partial charge in [0.15, 0.2) is 0 Å². The van der Waals surface area contributed by atoms with Crippen molar-refractivity contribution in [2.75, 3.05) is 24.7 Å². The lowest BCUT2D eigenvalue weighted by Crippen LogP contribution is -2.27. The molecule has 0 fully saturated rings. The van der Waals surface area contributed by atoms with E-state index in [1.54, 1.807) is 0 Å². The van der Waals surface area contributed by atoms with Crippen molar-refractivity contribution in [3.05, 3.63) is 38.8 Å². The molecule has 0 aliphatic carbocycles. The molecule has 0 amide bonds. The minimum Gasteiger partial charge on any atom is -0.380 e. The molecule has 0 spiro atoms. The normalized spacial score (nSPS) is 10.9. The van der Waals surface area contributed by atoms with Crippen molar-refractivity contribution < 1.29 is 4.74 Å². The zero-order valence-corrected chi connectivity index (χ0v) is 15.6. The Hall–Kier alpha value is -0.690. The summed E-state index contributed by atoms with van der Waals surface area (Å²) in [6.07, 6.45) is 2.24. The van der Waals surface area contributed by atoms with Gasteiger partial charge in [0.05, 0.1) is 13.2 Å². The number of anilines is 1. The van der Waals surface area contributed by atoms with Gasteiger partial charge < -0.3 is 9.64 Å². The third kappa shape index (κ3) is 5.50. The molecule has 22 heavy (non-hydrogen) atoms. The minimum absolute atomic E-state index is 0.628. The van der Waals surface area contributed by atoms with Gasteiger partial charge in [0.1, 0.15) is 10.0 Å². The van der Waals surface area contributed by atoms with Gasteiger partial charge in [-0.05, 0) is 24.6 Å². The third-order valence-corrected chi connectivity index (χ3v) is 4.65. The molecule has 0 bridgehead atoms. The van der Waals surface area contributed by atoms with Crippen molar-refractivity contribution in [3.8, 4) is 0 Å². The summed E-state index contributed by atoms with van der Waals surface area (Å²) in [5.74, 6) is 0. The summed E-state index contributed by atoms with van der Waals surface area (Å²) in [6.45, 7) is 5.06. The Morgan fingerprint density at radius 1 is 1.36 bits per heavy atom. The Morgan fingerprint density at radius 3 is 2.91 bits per heavy atom. The van der Waals surface area contributed by atoms with E-state index in [4.69, 9.17) is 16.3 Å². The molecule has 0 atom stereocenters. The van der Waals surface area contributed by atoms with Crippen LogP contribution in [0.25, 0.3) is 0 Å². The van der Waals surface area contributed by atoms with Crippen molar-refractivity contribution in [1.29, 1.82) is 0 Å². The van der Waals surface area contributed by atoms with E-state index in [2.05, 4.69) is 49.5 Å². The number of unbranched alkanes of at least 4 members (excludes halogenated alkanes) is 1. The van der Waals surface area contributed by atoms with E-state index in [0.29, 0.717) is 17.5 Å². The summed E-state index contributed by atoms with van der Waals surface area (Å²) in [4.78, 5) is 2.21. The molecule has 0 saturated heterocycles. The van der Waals surface area contributed by atoms with E-state index in [0.717, 1.165) is 41.8 Å². The van der Waals surface area contributed by atoms with Crippen LogP contribution in [0.15, 0.2) is 28.7 Å². The molecule has 1 aromatic carbocycles. The Bertz CT molecular complexity index is 581. The van der Waals surface area contributed by atoms with Crippen molar-refractivity contribution in [1.82, 2.24) is 9.59 Å². The quantitative estimate of drug-likeness (QED) is 0.564. The Morgan fingerprint density at radius 2 is 2.23 bits per heavy atom. The molecule has 7 heteroatoms. The first kappa shape index (κ1) is 17.7. The first-order chi connectivity index (χ1) is 10.7. The third-order valence-electron chi connectivity index (χ3n) is 3.17. The SMILES string of the molecule is CCCCOCCN(Cc1nnsc1Cl)c1cccc(Br)c1. The van der Waals surface area contributed by atoms with E-state index in [1.165, 1.54) is 11.5 Å². The molecule has 0 saturated carbocycles. The van der Waals surface area contributed by atoms with Crippen molar-refractivity contribution in [2.45, 2.75) is 26.3 Å². The highest BCUT2D eigenvalue weighted by Crippen LogP contribution is 2.24. The molecule has 0 aliphatic rings. The highest BCUT2D eigenvalue weighted by Gasteiger charge is 2.13. The number of benzene rings is 1. The van der Waals surface area contributed by atoms with Crippen LogP contribution in [0.4, 0.5) is 5.69 Å². The smallest absolute Gasteiger partial charge is 0.139 e. The average molecular weight is 405 g/mol. The number of rotatable bonds is 9. The first-order valence-electron chi connectivity index (χ1n) is 7.25. The van der Waals surface area contributed by atoms with Gasteiger partial charge in [0.25, 0.3) is 0 Å². The van der Waals surface area contributed by atoms with Gasteiger partial charge in [0.2, 0.25) is 0 Å². The van der Waals surface area contributed by atoms with Gasteiger partial charge >= 0.3 is 0 Å². The van der Waals surface area contributed by atoms with E-state index in [1.807, 2.05) is 12.1 Å². The molecule has 1 aromatic heterocycles. The number of aromatic nitrogens is 2. The molecular weight excluding hydrogens is 386 g/mol. The zero-order chi connectivity index (χ0) is 15.8. The van der Waals surface area contributed by atoms with Crippen LogP contribution in [0, 0.1) is 0 Å². The predicted molar refractivity (Wildman–Crippen MR) is 95.8 cm³/mol. The number of hydrogen-bond acceptors (Lipinski definition) is 5. The van der Waals surface area contributed by atoms with Crippen LogP contribution < -0.4 is 4.90 Å². The van der Waals surface area contributed by atoms with Crippen LogP contribution in [0.2, 0.25) is 4.34 Å². The largest absolute Gasteiger partial charge is 0.380 e. The lowest BCUT2D eigenvalue weighted by molar-refractivity contribution is 0.137. The highest BCUT2D eigenvalue weighted by molar-refractivity contribution is 9.10. The monoisotopic (exact) mass is 403 g/mol. The summed E-state index contributed by atoms with van der Waals surface area (Å²) in [7, 11) is 0. The molecule has 0 N–H and O–H groups in total. The molecule has 2 rings (SSSR count). The lowest BCUT2D eigenvalue weighted by Gasteiger charge is -2.24. The molecule has 4 nitrogen and oxygen atoms in total. The Kier molecular flexibility index (Phi) is 7.59. The highest BCUT2D eigenvalue weighted by atomic mass is 79.9. The first-order valence-corrected chi connectivity index (χ1v) is 9.20. The number of hydrogen-bond donors (Lipinski definition) is 0. The van der Waals surface area contributed by atoms with Crippen LogP contribution in [0.3, 0.4) is 0 Å². The van der Waals surface area contributed by atoms with Crippen LogP contribution in [-0.2, 0) is 11.3 Å². The van der Waals surface area contributed by atoms with Gasteiger partial charge in [0, 0.05) is 34.8 Å². The van der Waals surface area contributed by atoms with E-state index >= 15 is 0 Å². The maximum atomic E-state index is 6.13. The second-order valence-corrected chi connectivity index (χ2v) is 7.13. The standard InChI is InChI=1S/C15H19BrClN3OS/c1-2-3-8-21-9-7-20(11-14-15(17)22-19-18-14)13-6-4-5-12(16)10-13/h4-6,10H,2-3,7-9,11H2,1H3. The fraction of sp³-hybridized carbons (Fsp3) is 0.467. The zero-order valence-electron chi connectivity index (χ0n) is 12.5. The van der Waals surface area contributed by atoms with E-state index < -0.39 is 0 Å².